The second-order valence-electron chi connectivity index (χ2n) is 4.85. The summed E-state index contributed by atoms with van der Waals surface area (Å²) in [6.07, 6.45) is 0.320. The minimum atomic E-state index is -3.15. The molecule has 4 nitrogen and oxygen atoms in total. The molecule has 106 valence electrons. The van der Waals surface area contributed by atoms with Crippen LogP contribution in [0.3, 0.4) is 0 Å². The molecule has 0 saturated carbocycles. The van der Waals surface area contributed by atoms with Gasteiger partial charge in [-0.15, -0.1) is 0 Å². The molecule has 0 aliphatic carbocycles. The van der Waals surface area contributed by atoms with Crippen molar-refractivity contribution in [2.75, 3.05) is 5.75 Å². The van der Waals surface area contributed by atoms with E-state index in [9.17, 15) is 13.2 Å². The number of sulfone groups is 1. The minimum Gasteiger partial charge on any atom is -0.326 e. The van der Waals surface area contributed by atoms with E-state index in [2.05, 4.69) is 0 Å². The summed E-state index contributed by atoms with van der Waals surface area (Å²) in [6.45, 7) is 3.64. The largest absolute Gasteiger partial charge is 0.326 e. The molecule has 0 unspecified atom stereocenters. The van der Waals surface area contributed by atoms with Crippen molar-refractivity contribution in [1.82, 2.24) is 0 Å². The molecule has 1 aromatic carbocycles. The summed E-state index contributed by atoms with van der Waals surface area (Å²) < 4.78 is 23.3. The molecule has 0 aliphatic heterocycles. The molecule has 0 spiro atoms. The number of carbonyl (C=O) groups is 1. The Labute approximate surface area is 114 Å². The quantitative estimate of drug-likeness (QED) is 0.822. The monoisotopic (exact) mass is 283 g/mol. The third kappa shape index (κ3) is 4.76. The van der Waals surface area contributed by atoms with Gasteiger partial charge in [-0.2, -0.15) is 0 Å². The molecule has 19 heavy (non-hydrogen) atoms. The highest BCUT2D eigenvalue weighted by Gasteiger charge is 2.18. The summed E-state index contributed by atoms with van der Waals surface area (Å²) in [5.74, 6) is -0.140. The van der Waals surface area contributed by atoms with E-state index < -0.39 is 15.1 Å². The van der Waals surface area contributed by atoms with Gasteiger partial charge < -0.3 is 5.73 Å². The fourth-order valence-corrected chi connectivity index (χ4v) is 2.71. The Morgan fingerprint density at radius 1 is 1.21 bits per heavy atom. The van der Waals surface area contributed by atoms with Crippen molar-refractivity contribution in [2.24, 2.45) is 5.73 Å². The van der Waals surface area contributed by atoms with Gasteiger partial charge in [0.1, 0.15) is 5.78 Å². The van der Waals surface area contributed by atoms with Gasteiger partial charge in [-0.25, -0.2) is 8.42 Å². The Morgan fingerprint density at radius 2 is 1.79 bits per heavy atom. The first-order valence-corrected chi connectivity index (χ1v) is 8.08. The Bertz CT molecular complexity index is 535. The summed E-state index contributed by atoms with van der Waals surface area (Å²) in [7, 11) is -3.15. The van der Waals surface area contributed by atoms with Gasteiger partial charge in [-0.3, -0.25) is 4.79 Å². The SMILES string of the molecule is CC(C)S(=O)(=O)CCC(=O)Cc1ccccc1CN. The van der Waals surface area contributed by atoms with Crippen LogP contribution in [0.5, 0.6) is 0 Å². The number of Topliss-reactive ketones (excluding diaryl/α,β-unsaturated/α-hetero) is 1. The highest BCUT2D eigenvalue weighted by molar-refractivity contribution is 7.91. The van der Waals surface area contributed by atoms with Crippen molar-refractivity contribution in [3.63, 3.8) is 0 Å². The Balaban J connectivity index is 2.62. The van der Waals surface area contributed by atoms with Gasteiger partial charge in [-0.1, -0.05) is 24.3 Å². The number of hydrogen-bond donors (Lipinski definition) is 1. The third-order valence-corrected chi connectivity index (χ3v) is 5.32. The number of rotatable bonds is 7. The van der Waals surface area contributed by atoms with Crippen molar-refractivity contribution < 1.29 is 13.2 Å². The lowest BCUT2D eigenvalue weighted by Crippen LogP contribution is -2.20. The van der Waals surface area contributed by atoms with E-state index in [0.717, 1.165) is 11.1 Å². The topological polar surface area (TPSA) is 77.2 Å². The number of carbonyl (C=O) groups excluding carboxylic acids is 1. The minimum absolute atomic E-state index is 0.0647. The van der Waals surface area contributed by atoms with E-state index >= 15 is 0 Å². The Morgan fingerprint density at radius 3 is 2.32 bits per heavy atom. The molecule has 0 bridgehead atoms. The molecule has 0 radical (unpaired) electrons. The van der Waals surface area contributed by atoms with Crippen LogP contribution in [-0.4, -0.2) is 25.2 Å². The molecule has 0 fully saturated rings. The van der Waals surface area contributed by atoms with Crippen molar-refractivity contribution in [3.05, 3.63) is 35.4 Å². The average Bonchev–Trinajstić information content (AvgIpc) is 2.37. The molecule has 0 aliphatic rings. The van der Waals surface area contributed by atoms with E-state index in [1.807, 2.05) is 24.3 Å². The molecule has 1 rings (SSSR count). The van der Waals surface area contributed by atoms with Gasteiger partial charge in [0, 0.05) is 19.4 Å². The van der Waals surface area contributed by atoms with Crippen LogP contribution in [0.15, 0.2) is 24.3 Å². The molecule has 0 atom stereocenters. The summed E-state index contributed by atoms with van der Waals surface area (Å²) in [5.41, 5.74) is 7.42. The summed E-state index contributed by atoms with van der Waals surface area (Å²) >= 11 is 0. The van der Waals surface area contributed by atoms with Gasteiger partial charge in [0.15, 0.2) is 9.84 Å². The molecule has 2 N–H and O–H groups in total. The zero-order chi connectivity index (χ0) is 14.5. The van der Waals surface area contributed by atoms with E-state index in [1.165, 1.54) is 0 Å². The fourth-order valence-electron chi connectivity index (χ4n) is 1.72. The molecule has 1 aromatic rings. The van der Waals surface area contributed by atoms with Crippen LogP contribution in [0.1, 0.15) is 31.4 Å². The van der Waals surface area contributed by atoms with Crippen LogP contribution in [0, 0.1) is 0 Å². The summed E-state index contributed by atoms with van der Waals surface area (Å²) in [6, 6.07) is 7.47. The van der Waals surface area contributed by atoms with Gasteiger partial charge in [0.2, 0.25) is 0 Å². The number of ketones is 1. The smallest absolute Gasteiger partial charge is 0.153 e. The normalized spacial score (nSPS) is 11.8. The molecule has 0 aromatic heterocycles. The fraction of sp³-hybridized carbons (Fsp3) is 0.500. The van der Waals surface area contributed by atoms with Crippen LogP contribution in [0.2, 0.25) is 0 Å². The second kappa shape index (κ2) is 6.82. The molecule has 0 amide bonds. The van der Waals surface area contributed by atoms with Crippen molar-refractivity contribution in [1.29, 1.82) is 0 Å². The lowest BCUT2D eigenvalue weighted by molar-refractivity contribution is -0.118. The van der Waals surface area contributed by atoms with Crippen molar-refractivity contribution >= 4 is 15.6 Å². The van der Waals surface area contributed by atoms with Gasteiger partial charge in [-0.05, 0) is 25.0 Å². The van der Waals surface area contributed by atoms with Crippen LogP contribution in [0.25, 0.3) is 0 Å². The maximum Gasteiger partial charge on any atom is 0.153 e. The van der Waals surface area contributed by atoms with Crippen LogP contribution in [-0.2, 0) is 27.6 Å². The number of hydrogen-bond acceptors (Lipinski definition) is 4. The van der Waals surface area contributed by atoms with Crippen LogP contribution >= 0.6 is 0 Å². The molecular weight excluding hydrogens is 262 g/mol. The average molecular weight is 283 g/mol. The zero-order valence-electron chi connectivity index (χ0n) is 11.4. The second-order valence-corrected chi connectivity index (χ2v) is 7.53. The van der Waals surface area contributed by atoms with Crippen LogP contribution in [0.4, 0.5) is 0 Å². The summed E-state index contributed by atoms with van der Waals surface area (Å²) in [4.78, 5) is 11.8. The van der Waals surface area contributed by atoms with E-state index in [4.69, 9.17) is 5.73 Å². The zero-order valence-corrected chi connectivity index (χ0v) is 12.2. The first kappa shape index (κ1) is 15.9. The first-order chi connectivity index (χ1) is 8.86. The third-order valence-electron chi connectivity index (χ3n) is 3.11. The molecule has 0 saturated heterocycles. The lowest BCUT2D eigenvalue weighted by Gasteiger charge is -2.08. The van der Waals surface area contributed by atoms with E-state index in [0.29, 0.717) is 6.54 Å². The van der Waals surface area contributed by atoms with Gasteiger partial charge in [0.05, 0.1) is 11.0 Å². The van der Waals surface area contributed by atoms with E-state index in [1.54, 1.807) is 13.8 Å². The predicted octanol–water partition coefficient (Wildman–Crippen LogP) is 1.47. The standard InChI is InChI=1S/C14H21NO3S/c1-11(2)19(17,18)8-7-14(16)9-12-5-3-4-6-13(12)10-15/h3-6,11H,7-10,15H2,1-2H3. The molecular formula is C14H21NO3S. The maximum absolute atomic E-state index is 11.8. The van der Waals surface area contributed by atoms with E-state index in [-0.39, 0.29) is 24.4 Å². The van der Waals surface area contributed by atoms with Crippen molar-refractivity contribution in [3.8, 4) is 0 Å². The van der Waals surface area contributed by atoms with Crippen LogP contribution < -0.4 is 5.73 Å². The Kier molecular flexibility index (Phi) is 5.69. The first-order valence-electron chi connectivity index (χ1n) is 6.37. The summed E-state index contributed by atoms with van der Waals surface area (Å²) in [5, 5.41) is -0.434. The van der Waals surface area contributed by atoms with Crippen molar-refractivity contribution in [2.45, 2.75) is 38.5 Å². The molecule has 5 heteroatoms. The number of nitrogens with two attached hydrogens (primary N) is 1. The lowest BCUT2D eigenvalue weighted by atomic mass is 10.0. The van der Waals surface area contributed by atoms with Gasteiger partial charge in [0.25, 0.3) is 0 Å². The number of benzene rings is 1. The highest BCUT2D eigenvalue weighted by atomic mass is 32.2. The maximum atomic E-state index is 11.8. The Hall–Kier alpha value is -1.20. The van der Waals surface area contributed by atoms with Gasteiger partial charge >= 0.3 is 0 Å². The highest BCUT2D eigenvalue weighted by Crippen LogP contribution is 2.11. The predicted molar refractivity (Wildman–Crippen MR) is 76.6 cm³/mol. The molecule has 0 heterocycles.